The van der Waals surface area contributed by atoms with E-state index in [0.717, 1.165) is 56.5 Å². The van der Waals surface area contributed by atoms with Crippen LogP contribution in [0.2, 0.25) is 0 Å². The summed E-state index contributed by atoms with van der Waals surface area (Å²) in [5, 5.41) is 34.6. The van der Waals surface area contributed by atoms with E-state index in [1.807, 2.05) is 24.7 Å². The lowest BCUT2D eigenvalue weighted by Gasteiger charge is -2.64. The van der Waals surface area contributed by atoms with E-state index in [1.54, 1.807) is 0 Å². The van der Waals surface area contributed by atoms with Crippen molar-refractivity contribution in [2.45, 2.75) is 95.9 Å². The van der Waals surface area contributed by atoms with Crippen LogP contribution in [-0.4, -0.2) is 36.6 Å². The third kappa shape index (κ3) is 2.30. The minimum Gasteiger partial charge on any atom is -0.393 e. The largest absolute Gasteiger partial charge is 0.393 e. The maximum absolute atomic E-state index is 12.3. The molecule has 5 nitrogen and oxygen atoms in total. The molecule has 3 N–H and O–H groups in total. The fourth-order valence-electron chi connectivity index (χ4n) is 8.52. The monoisotopic (exact) mass is 402 g/mol. The molecule has 162 valence electrons. The van der Waals surface area contributed by atoms with Crippen LogP contribution in [-0.2, 0) is 12.6 Å². The highest BCUT2D eigenvalue weighted by Crippen LogP contribution is 2.71. The molecule has 4 fully saturated rings. The van der Waals surface area contributed by atoms with E-state index in [9.17, 15) is 15.3 Å². The summed E-state index contributed by atoms with van der Waals surface area (Å²) >= 11 is 0. The van der Waals surface area contributed by atoms with Gasteiger partial charge in [-0.2, -0.15) is 0 Å². The van der Waals surface area contributed by atoms with Gasteiger partial charge < -0.3 is 19.9 Å². The fourth-order valence-corrected chi connectivity index (χ4v) is 8.52. The van der Waals surface area contributed by atoms with E-state index in [-0.39, 0.29) is 17.4 Å². The normalized spacial score (nSPS) is 52.0. The molecule has 0 bridgehead atoms. The average molecular weight is 403 g/mol. The van der Waals surface area contributed by atoms with Crippen molar-refractivity contribution in [1.82, 2.24) is 9.55 Å². The Bertz CT molecular complexity index is 823. The Hall–Kier alpha value is -0.910. The van der Waals surface area contributed by atoms with Crippen LogP contribution < -0.4 is 0 Å². The molecule has 0 amide bonds. The van der Waals surface area contributed by atoms with Crippen LogP contribution in [0, 0.1) is 35.5 Å². The number of aliphatic hydroxyl groups is 3. The maximum Gasteiger partial charge on any atom is 0.114 e. The lowest BCUT2D eigenvalue weighted by atomic mass is 9.43. The highest BCUT2D eigenvalue weighted by molar-refractivity contribution is 5.29. The van der Waals surface area contributed by atoms with Gasteiger partial charge in [-0.15, -0.1) is 0 Å². The third-order valence-corrected chi connectivity index (χ3v) is 10.6. The van der Waals surface area contributed by atoms with E-state index >= 15 is 0 Å². The van der Waals surface area contributed by atoms with Crippen molar-refractivity contribution < 1.29 is 15.3 Å². The highest BCUT2D eigenvalue weighted by atomic mass is 16.3. The SMILES string of the molecule is Cc1ncc(C2(O)CC[C@@]3(O)[C@@H]4CCC5CC(O)CC[C@]5(C)[C@@H]4CC[C@]23C)n1C. The Kier molecular flexibility index (Phi) is 4.19. The quantitative estimate of drug-likeness (QED) is 0.672. The van der Waals surface area contributed by atoms with Gasteiger partial charge in [0.25, 0.3) is 0 Å². The molecule has 4 aliphatic rings. The van der Waals surface area contributed by atoms with Crippen molar-refractivity contribution in [1.29, 1.82) is 0 Å². The minimum absolute atomic E-state index is 0.147. The first-order chi connectivity index (χ1) is 13.6. The molecule has 5 heteroatoms. The van der Waals surface area contributed by atoms with Crippen molar-refractivity contribution in [2.75, 3.05) is 0 Å². The highest BCUT2D eigenvalue weighted by Gasteiger charge is 2.72. The van der Waals surface area contributed by atoms with Crippen molar-refractivity contribution in [3.8, 4) is 0 Å². The molecule has 1 aromatic rings. The van der Waals surface area contributed by atoms with Gasteiger partial charge in [0.2, 0.25) is 0 Å². The first kappa shape index (κ1) is 20.0. The zero-order valence-corrected chi connectivity index (χ0v) is 18.5. The number of fused-ring (bicyclic) bond motifs is 5. The van der Waals surface area contributed by atoms with Crippen LogP contribution in [0.3, 0.4) is 0 Å². The Morgan fingerprint density at radius 3 is 2.45 bits per heavy atom. The molecule has 1 heterocycles. The van der Waals surface area contributed by atoms with Crippen LogP contribution in [0.15, 0.2) is 6.20 Å². The topological polar surface area (TPSA) is 78.5 Å². The van der Waals surface area contributed by atoms with E-state index in [0.29, 0.717) is 24.7 Å². The van der Waals surface area contributed by atoms with Crippen molar-refractivity contribution >= 4 is 0 Å². The molecule has 8 atom stereocenters. The van der Waals surface area contributed by atoms with Gasteiger partial charge in [-0.1, -0.05) is 13.8 Å². The number of hydrogen-bond acceptors (Lipinski definition) is 4. The van der Waals surface area contributed by atoms with Gasteiger partial charge in [-0.05, 0) is 87.9 Å². The summed E-state index contributed by atoms with van der Waals surface area (Å²) in [6.07, 6.45) is 9.83. The van der Waals surface area contributed by atoms with Crippen LogP contribution in [0.5, 0.6) is 0 Å². The predicted molar refractivity (Wildman–Crippen MR) is 111 cm³/mol. The molecule has 4 aliphatic carbocycles. The number of aryl methyl sites for hydroxylation is 1. The lowest BCUT2D eigenvalue weighted by molar-refractivity contribution is -0.239. The summed E-state index contributed by atoms with van der Waals surface area (Å²) in [5.74, 6) is 2.19. The van der Waals surface area contributed by atoms with E-state index < -0.39 is 16.6 Å². The van der Waals surface area contributed by atoms with Crippen molar-refractivity contribution in [2.24, 2.45) is 35.6 Å². The molecular formula is C24H38N2O3. The molecule has 4 saturated carbocycles. The Balaban J connectivity index is 1.54. The molecular weight excluding hydrogens is 364 g/mol. The van der Waals surface area contributed by atoms with Crippen molar-refractivity contribution in [3.63, 3.8) is 0 Å². The van der Waals surface area contributed by atoms with Gasteiger partial charge >= 0.3 is 0 Å². The zero-order chi connectivity index (χ0) is 20.8. The van der Waals surface area contributed by atoms with Gasteiger partial charge in [0.15, 0.2) is 0 Å². The fraction of sp³-hybridized carbons (Fsp3) is 0.875. The first-order valence-corrected chi connectivity index (χ1v) is 11.7. The van der Waals surface area contributed by atoms with Gasteiger partial charge in [-0.3, -0.25) is 0 Å². The zero-order valence-electron chi connectivity index (χ0n) is 18.5. The maximum atomic E-state index is 12.3. The summed E-state index contributed by atoms with van der Waals surface area (Å²) in [7, 11) is 1.97. The second-order valence-corrected chi connectivity index (χ2v) is 11.3. The number of rotatable bonds is 1. The van der Waals surface area contributed by atoms with Crippen LogP contribution >= 0.6 is 0 Å². The first-order valence-electron chi connectivity index (χ1n) is 11.7. The lowest BCUT2D eigenvalue weighted by Crippen LogP contribution is -2.64. The third-order valence-electron chi connectivity index (χ3n) is 10.6. The van der Waals surface area contributed by atoms with E-state index in [1.165, 1.54) is 0 Å². The molecule has 5 rings (SSSR count). The van der Waals surface area contributed by atoms with Crippen molar-refractivity contribution in [3.05, 3.63) is 17.7 Å². The molecule has 0 radical (unpaired) electrons. The standard InChI is InChI=1S/C24H38N2O3/c1-15-25-14-20(26(15)4)24(29)12-11-23(28)19-6-5-16-13-17(27)7-9-21(16,2)18(19)8-10-22(23,24)3/h14,16-19,27-29H,5-13H2,1-4H3/t16?,17?,18-,19-,21+,22+,23-,24?/m1/s1. The van der Waals surface area contributed by atoms with Gasteiger partial charge in [-0.25, -0.2) is 4.98 Å². The molecule has 0 aromatic carbocycles. The summed E-state index contributed by atoms with van der Waals surface area (Å²) in [6, 6.07) is 0. The number of nitrogens with zero attached hydrogens (tertiary/aromatic N) is 2. The van der Waals surface area contributed by atoms with Gasteiger partial charge in [0, 0.05) is 12.5 Å². The second-order valence-electron chi connectivity index (χ2n) is 11.3. The Morgan fingerprint density at radius 1 is 1.00 bits per heavy atom. The molecule has 0 spiro atoms. The molecule has 1 aromatic heterocycles. The Labute approximate surface area is 174 Å². The van der Waals surface area contributed by atoms with Crippen LogP contribution in [0.25, 0.3) is 0 Å². The van der Waals surface area contributed by atoms with Crippen LogP contribution in [0.4, 0.5) is 0 Å². The van der Waals surface area contributed by atoms with Crippen LogP contribution in [0.1, 0.15) is 83.2 Å². The molecule has 0 saturated heterocycles. The van der Waals surface area contributed by atoms with Gasteiger partial charge in [0.05, 0.1) is 23.6 Å². The average Bonchev–Trinajstić information content (AvgIpc) is 3.12. The summed E-state index contributed by atoms with van der Waals surface area (Å²) in [4.78, 5) is 4.45. The predicted octanol–water partition coefficient (Wildman–Crippen LogP) is 3.43. The minimum atomic E-state index is -1.04. The molecule has 29 heavy (non-hydrogen) atoms. The van der Waals surface area contributed by atoms with E-state index in [4.69, 9.17) is 0 Å². The van der Waals surface area contributed by atoms with E-state index in [2.05, 4.69) is 18.8 Å². The second kappa shape index (κ2) is 6.08. The number of aromatic nitrogens is 2. The van der Waals surface area contributed by atoms with Gasteiger partial charge in [0.1, 0.15) is 11.4 Å². The number of imidazole rings is 1. The summed E-state index contributed by atoms with van der Waals surface area (Å²) in [6.45, 7) is 6.53. The number of hydrogen-bond donors (Lipinski definition) is 3. The summed E-state index contributed by atoms with van der Waals surface area (Å²) in [5.41, 5.74) is -1.37. The molecule has 0 aliphatic heterocycles. The smallest absolute Gasteiger partial charge is 0.114 e. The summed E-state index contributed by atoms with van der Waals surface area (Å²) < 4.78 is 2.00. The molecule has 3 unspecified atom stereocenters. The Morgan fingerprint density at radius 2 is 1.76 bits per heavy atom. The number of aliphatic hydroxyl groups excluding tert-OH is 1.